The summed E-state index contributed by atoms with van der Waals surface area (Å²) < 4.78 is 0. The maximum atomic E-state index is 12.4. The van der Waals surface area contributed by atoms with Crippen LogP contribution < -0.4 is 5.73 Å². The summed E-state index contributed by atoms with van der Waals surface area (Å²) in [7, 11) is 0. The number of rotatable bonds is 5. The van der Waals surface area contributed by atoms with Crippen LogP contribution >= 0.6 is 0 Å². The molecule has 104 valence electrons. The summed E-state index contributed by atoms with van der Waals surface area (Å²) in [5.41, 5.74) is 7.20. The van der Waals surface area contributed by atoms with Gasteiger partial charge in [0.15, 0.2) is 0 Å². The predicted molar refractivity (Wildman–Crippen MR) is 78.3 cm³/mol. The third-order valence-electron chi connectivity index (χ3n) is 3.02. The minimum absolute atomic E-state index is 0.0840. The quantitative estimate of drug-likeness (QED) is 0.873. The second kappa shape index (κ2) is 6.73. The number of hydrogen-bond donors (Lipinski definition) is 2. The van der Waals surface area contributed by atoms with Crippen molar-refractivity contribution in [1.82, 2.24) is 4.90 Å². The molecule has 20 heavy (non-hydrogen) atoms. The lowest BCUT2D eigenvalue weighted by Crippen LogP contribution is -2.34. The highest BCUT2D eigenvalue weighted by Gasteiger charge is 2.15. The molecule has 0 unspecified atom stereocenters. The summed E-state index contributed by atoms with van der Waals surface area (Å²) >= 11 is 0. The molecule has 2 aromatic rings. The zero-order valence-electron chi connectivity index (χ0n) is 11.2. The van der Waals surface area contributed by atoms with Crippen LogP contribution in [0, 0.1) is 0 Å². The molecule has 0 fully saturated rings. The Labute approximate surface area is 118 Å². The smallest absolute Gasteiger partial charge is 0.254 e. The molecular weight excluding hydrogens is 252 g/mol. The van der Waals surface area contributed by atoms with Crippen molar-refractivity contribution >= 4 is 5.91 Å². The molecule has 3 N–H and O–H groups in total. The summed E-state index contributed by atoms with van der Waals surface area (Å²) in [4.78, 5) is 14.1. The number of hydrogen-bond acceptors (Lipinski definition) is 3. The van der Waals surface area contributed by atoms with Crippen molar-refractivity contribution in [2.75, 3.05) is 13.1 Å². The molecule has 0 aliphatic heterocycles. The fourth-order valence-corrected chi connectivity index (χ4v) is 2.00. The minimum atomic E-state index is -0.0840. The zero-order chi connectivity index (χ0) is 14.4. The number of carbonyl (C=O) groups excluding carboxylic acids is 1. The van der Waals surface area contributed by atoms with Gasteiger partial charge in [0, 0.05) is 25.2 Å². The van der Waals surface area contributed by atoms with E-state index in [0.29, 0.717) is 25.2 Å². The Kier molecular flexibility index (Phi) is 4.74. The van der Waals surface area contributed by atoms with Gasteiger partial charge in [-0.15, -0.1) is 0 Å². The molecule has 0 saturated carbocycles. The van der Waals surface area contributed by atoms with E-state index in [-0.39, 0.29) is 11.7 Å². The predicted octanol–water partition coefficient (Wildman–Crippen LogP) is 1.99. The highest BCUT2D eigenvalue weighted by Crippen LogP contribution is 2.13. The van der Waals surface area contributed by atoms with Gasteiger partial charge in [0.2, 0.25) is 0 Å². The molecule has 0 heterocycles. The number of amides is 1. The van der Waals surface area contributed by atoms with Gasteiger partial charge in [-0.25, -0.2) is 0 Å². The first-order valence-corrected chi connectivity index (χ1v) is 6.53. The summed E-state index contributed by atoms with van der Waals surface area (Å²) in [5, 5.41) is 9.27. The van der Waals surface area contributed by atoms with Gasteiger partial charge < -0.3 is 15.7 Å². The molecule has 2 rings (SSSR count). The molecule has 4 heteroatoms. The number of carbonyl (C=O) groups is 1. The van der Waals surface area contributed by atoms with E-state index in [2.05, 4.69) is 0 Å². The number of phenolic OH excluding ortho intramolecular Hbond substituents is 1. The van der Waals surface area contributed by atoms with E-state index in [1.807, 2.05) is 30.3 Å². The summed E-state index contributed by atoms with van der Waals surface area (Å²) in [6.45, 7) is 1.43. The second-order valence-corrected chi connectivity index (χ2v) is 4.55. The van der Waals surface area contributed by atoms with Gasteiger partial charge in [0.05, 0.1) is 0 Å². The first kappa shape index (κ1) is 14.1. The van der Waals surface area contributed by atoms with Crippen molar-refractivity contribution in [2.45, 2.75) is 6.54 Å². The topological polar surface area (TPSA) is 66.6 Å². The second-order valence-electron chi connectivity index (χ2n) is 4.55. The van der Waals surface area contributed by atoms with Crippen molar-refractivity contribution < 1.29 is 9.90 Å². The maximum Gasteiger partial charge on any atom is 0.254 e. The Hall–Kier alpha value is -2.33. The van der Waals surface area contributed by atoms with E-state index >= 15 is 0 Å². The van der Waals surface area contributed by atoms with E-state index in [4.69, 9.17) is 5.73 Å². The van der Waals surface area contributed by atoms with Crippen LogP contribution in [0.3, 0.4) is 0 Å². The lowest BCUT2D eigenvalue weighted by molar-refractivity contribution is 0.0748. The maximum absolute atomic E-state index is 12.4. The van der Waals surface area contributed by atoms with Gasteiger partial charge in [-0.1, -0.05) is 30.3 Å². The highest BCUT2D eigenvalue weighted by atomic mass is 16.3. The standard InChI is InChI=1S/C16H18N2O2/c17-10-11-18(12-13-4-2-1-3-5-13)16(20)14-6-8-15(19)9-7-14/h1-9,19H,10-12,17H2. The van der Waals surface area contributed by atoms with E-state index in [9.17, 15) is 9.90 Å². The Bertz CT molecular complexity index is 552. The van der Waals surface area contributed by atoms with Crippen molar-refractivity contribution in [1.29, 1.82) is 0 Å². The van der Waals surface area contributed by atoms with Crippen LogP contribution in [0.4, 0.5) is 0 Å². The average Bonchev–Trinajstić information content (AvgIpc) is 2.48. The molecule has 2 aromatic carbocycles. The Morgan fingerprint density at radius 3 is 2.30 bits per heavy atom. The Morgan fingerprint density at radius 2 is 1.70 bits per heavy atom. The van der Waals surface area contributed by atoms with Gasteiger partial charge in [0.1, 0.15) is 5.75 Å². The highest BCUT2D eigenvalue weighted by molar-refractivity contribution is 5.94. The van der Waals surface area contributed by atoms with E-state index in [1.54, 1.807) is 17.0 Å². The molecule has 4 nitrogen and oxygen atoms in total. The monoisotopic (exact) mass is 270 g/mol. The lowest BCUT2D eigenvalue weighted by Gasteiger charge is -2.22. The largest absolute Gasteiger partial charge is 0.508 e. The van der Waals surface area contributed by atoms with E-state index in [1.165, 1.54) is 12.1 Å². The third kappa shape index (κ3) is 3.59. The minimum Gasteiger partial charge on any atom is -0.508 e. The SMILES string of the molecule is NCCN(Cc1ccccc1)C(=O)c1ccc(O)cc1. The molecule has 0 aliphatic rings. The summed E-state index contributed by atoms with van der Waals surface area (Å²) in [6.07, 6.45) is 0. The molecule has 0 aromatic heterocycles. The van der Waals surface area contributed by atoms with Crippen LogP contribution in [-0.2, 0) is 6.54 Å². The van der Waals surface area contributed by atoms with Crippen molar-refractivity contribution in [3.8, 4) is 5.75 Å². The van der Waals surface area contributed by atoms with Gasteiger partial charge in [-0.2, -0.15) is 0 Å². The number of benzene rings is 2. The molecule has 0 saturated heterocycles. The van der Waals surface area contributed by atoms with Crippen molar-refractivity contribution in [3.63, 3.8) is 0 Å². The first-order valence-electron chi connectivity index (χ1n) is 6.53. The van der Waals surface area contributed by atoms with Crippen LogP contribution in [0.15, 0.2) is 54.6 Å². The molecule has 0 radical (unpaired) electrons. The fourth-order valence-electron chi connectivity index (χ4n) is 2.00. The first-order chi connectivity index (χ1) is 9.70. The van der Waals surface area contributed by atoms with Crippen molar-refractivity contribution in [2.24, 2.45) is 5.73 Å². The van der Waals surface area contributed by atoms with Crippen LogP contribution in [0.2, 0.25) is 0 Å². The van der Waals surface area contributed by atoms with Gasteiger partial charge >= 0.3 is 0 Å². The molecule has 1 amide bonds. The molecular formula is C16H18N2O2. The molecule has 0 atom stereocenters. The van der Waals surface area contributed by atoms with Crippen LogP contribution in [0.5, 0.6) is 5.75 Å². The Balaban J connectivity index is 2.15. The molecule has 0 spiro atoms. The van der Waals surface area contributed by atoms with Crippen LogP contribution in [0.1, 0.15) is 15.9 Å². The summed E-state index contributed by atoms with van der Waals surface area (Å²) in [6, 6.07) is 16.0. The zero-order valence-corrected chi connectivity index (χ0v) is 11.2. The lowest BCUT2D eigenvalue weighted by atomic mass is 10.1. The normalized spacial score (nSPS) is 10.2. The molecule has 0 bridgehead atoms. The number of nitrogens with zero attached hydrogens (tertiary/aromatic N) is 1. The Morgan fingerprint density at radius 1 is 1.05 bits per heavy atom. The average molecular weight is 270 g/mol. The number of aromatic hydroxyl groups is 1. The summed E-state index contributed by atoms with van der Waals surface area (Å²) in [5.74, 6) is 0.0642. The third-order valence-corrected chi connectivity index (χ3v) is 3.02. The van der Waals surface area contributed by atoms with Gasteiger partial charge in [-0.05, 0) is 29.8 Å². The van der Waals surface area contributed by atoms with Gasteiger partial charge in [-0.3, -0.25) is 4.79 Å². The van der Waals surface area contributed by atoms with Crippen LogP contribution in [0.25, 0.3) is 0 Å². The van der Waals surface area contributed by atoms with Gasteiger partial charge in [0.25, 0.3) is 5.91 Å². The number of nitrogens with two attached hydrogens (primary N) is 1. The van der Waals surface area contributed by atoms with Crippen LogP contribution in [-0.4, -0.2) is 29.0 Å². The molecule has 0 aliphatic carbocycles. The number of phenols is 1. The van der Waals surface area contributed by atoms with E-state index < -0.39 is 0 Å². The van der Waals surface area contributed by atoms with Crippen molar-refractivity contribution in [3.05, 3.63) is 65.7 Å². The van der Waals surface area contributed by atoms with E-state index in [0.717, 1.165) is 5.56 Å². The fraction of sp³-hybridized carbons (Fsp3) is 0.188.